The van der Waals surface area contributed by atoms with E-state index < -0.39 is 0 Å². The average molecular weight is 264 g/mol. The standard InChI is InChI=1S/C15H24N2S/c1-11(2)17-9-12(15-4-3-7-18-15)8-14(10-17)16-13-5-6-13/h3-4,7,11-14,16H,5-6,8-10H2,1-2H3. The molecular weight excluding hydrogens is 240 g/mol. The molecule has 2 aliphatic rings. The van der Waals surface area contributed by atoms with Gasteiger partial charge in [-0.2, -0.15) is 0 Å². The van der Waals surface area contributed by atoms with Crippen LogP contribution < -0.4 is 5.32 Å². The van der Waals surface area contributed by atoms with Gasteiger partial charge in [0, 0.05) is 42.0 Å². The lowest BCUT2D eigenvalue weighted by molar-refractivity contribution is 0.138. The molecule has 1 aliphatic carbocycles. The molecule has 1 aliphatic heterocycles. The van der Waals surface area contributed by atoms with Gasteiger partial charge in [0.15, 0.2) is 0 Å². The van der Waals surface area contributed by atoms with E-state index in [-0.39, 0.29) is 0 Å². The van der Waals surface area contributed by atoms with E-state index in [2.05, 4.69) is 41.6 Å². The largest absolute Gasteiger partial charge is 0.310 e. The number of thiophene rings is 1. The molecule has 1 N–H and O–H groups in total. The molecule has 0 amide bonds. The molecule has 1 aromatic rings. The van der Waals surface area contributed by atoms with Gasteiger partial charge in [-0.15, -0.1) is 11.3 Å². The van der Waals surface area contributed by atoms with Crippen molar-refractivity contribution in [2.24, 2.45) is 0 Å². The fourth-order valence-electron chi connectivity index (χ4n) is 2.99. The molecule has 2 nitrogen and oxygen atoms in total. The molecule has 3 rings (SSSR count). The van der Waals surface area contributed by atoms with E-state index in [1.165, 1.54) is 32.4 Å². The van der Waals surface area contributed by atoms with Gasteiger partial charge in [-0.25, -0.2) is 0 Å². The Bertz CT molecular complexity index is 370. The fraction of sp³-hybridized carbons (Fsp3) is 0.733. The second-order valence-corrected chi connectivity index (χ2v) is 7.11. The van der Waals surface area contributed by atoms with Gasteiger partial charge in [0.2, 0.25) is 0 Å². The molecule has 2 fully saturated rings. The summed E-state index contributed by atoms with van der Waals surface area (Å²) >= 11 is 1.93. The number of nitrogens with one attached hydrogen (secondary N) is 1. The highest BCUT2D eigenvalue weighted by molar-refractivity contribution is 7.10. The first-order chi connectivity index (χ1) is 8.72. The summed E-state index contributed by atoms with van der Waals surface area (Å²) in [6.45, 7) is 7.12. The van der Waals surface area contributed by atoms with Gasteiger partial charge >= 0.3 is 0 Å². The van der Waals surface area contributed by atoms with Crippen LogP contribution >= 0.6 is 11.3 Å². The minimum atomic E-state index is 0.663. The van der Waals surface area contributed by atoms with E-state index in [1.54, 1.807) is 4.88 Å². The molecule has 0 bridgehead atoms. The van der Waals surface area contributed by atoms with E-state index in [1.807, 2.05) is 11.3 Å². The third-order valence-electron chi connectivity index (χ3n) is 4.20. The van der Waals surface area contributed by atoms with Gasteiger partial charge in [-0.05, 0) is 44.6 Å². The zero-order valence-corrected chi connectivity index (χ0v) is 12.2. The van der Waals surface area contributed by atoms with Crippen molar-refractivity contribution in [1.82, 2.24) is 10.2 Å². The van der Waals surface area contributed by atoms with Crippen LogP contribution in [0.3, 0.4) is 0 Å². The van der Waals surface area contributed by atoms with E-state index in [0.29, 0.717) is 12.1 Å². The first kappa shape index (κ1) is 12.6. The van der Waals surface area contributed by atoms with Crippen LogP contribution in [0.5, 0.6) is 0 Å². The Morgan fingerprint density at radius 1 is 1.28 bits per heavy atom. The van der Waals surface area contributed by atoms with E-state index >= 15 is 0 Å². The summed E-state index contributed by atoms with van der Waals surface area (Å²) in [5.74, 6) is 0.734. The van der Waals surface area contributed by atoms with E-state index in [4.69, 9.17) is 0 Å². The maximum absolute atomic E-state index is 3.83. The molecule has 1 saturated heterocycles. The fourth-order valence-corrected chi connectivity index (χ4v) is 3.82. The summed E-state index contributed by atoms with van der Waals surface area (Å²) in [5.41, 5.74) is 0. The van der Waals surface area contributed by atoms with Crippen molar-refractivity contribution >= 4 is 11.3 Å². The lowest BCUT2D eigenvalue weighted by Gasteiger charge is -2.40. The van der Waals surface area contributed by atoms with E-state index in [9.17, 15) is 0 Å². The molecule has 1 aromatic heterocycles. The van der Waals surface area contributed by atoms with Gasteiger partial charge in [0.1, 0.15) is 0 Å². The number of nitrogens with zero attached hydrogens (tertiary/aromatic N) is 1. The van der Waals surface area contributed by atoms with Crippen molar-refractivity contribution in [1.29, 1.82) is 0 Å². The van der Waals surface area contributed by atoms with Crippen LogP contribution in [0.2, 0.25) is 0 Å². The average Bonchev–Trinajstić information content (AvgIpc) is 2.99. The molecular formula is C15H24N2S. The number of likely N-dealkylation sites (tertiary alicyclic amines) is 1. The molecule has 2 atom stereocenters. The summed E-state index contributed by atoms with van der Waals surface area (Å²) in [5, 5.41) is 6.05. The monoisotopic (exact) mass is 264 g/mol. The van der Waals surface area contributed by atoms with Crippen LogP contribution in [0.25, 0.3) is 0 Å². The Morgan fingerprint density at radius 3 is 2.72 bits per heavy atom. The van der Waals surface area contributed by atoms with Crippen LogP contribution in [0.1, 0.15) is 43.9 Å². The molecule has 3 heteroatoms. The van der Waals surface area contributed by atoms with Gasteiger partial charge in [-0.3, -0.25) is 4.90 Å². The number of piperidine rings is 1. The lowest BCUT2D eigenvalue weighted by Crippen LogP contribution is -2.51. The first-order valence-electron chi connectivity index (χ1n) is 7.26. The summed E-state index contributed by atoms with van der Waals surface area (Å²) in [7, 11) is 0. The summed E-state index contributed by atoms with van der Waals surface area (Å²) in [6.07, 6.45) is 4.10. The molecule has 1 saturated carbocycles. The SMILES string of the molecule is CC(C)N1CC(NC2CC2)CC(c2cccs2)C1. The third-order valence-corrected chi connectivity index (χ3v) is 5.24. The second-order valence-electron chi connectivity index (χ2n) is 6.13. The zero-order chi connectivity index (χ0) is 12.5. The van der Waals surface area contributed by atoms with Gasteiger partial charge in [-0.1, -0.05) is 6.07 Å². The summed E-state index contributed by atoms with van der Waals surface area (Å²) < 4.78 is 0. The summed E-state index contributed by atoms with van der Waals surface area (Å²) in [4.78, 5) is 4.22. The topological polar surface area (TPSA) is 15.3 Å². The smallest absolute Gasteiger partial charge is 0.0204 e. The van der Waals surface area contributed by atoms with Crippen molar-refractivity contribution in [2.45, 2.75) is 57.2 Å². The minimum absolute atomic E-state index is 0.663. The van der Waals surface area contributed by atoms with Gasteiger partial charge in [0.05, 0.1) is 0 Å². The Balaban J connectivity index is 1.69. The van der Waals surface area contributed by atoms with Gasteiger partial charge < -0.3 is 5.32 Å². The lowest BCUT2D eigenvalue weighted by atomic mass is 9.92. The van der Waals surface area contributed by atoms with E-state index in [0.717, 1.165) is 12.0 Å². The van der Waals surface area contributed by atoms with Crippen molar-refractivity contribution < 1.29 is 0 Å². The highest BCUT2D eigenvalue weighted by Crippen LogP contribution is 2.32. The minimum Gasteiger partial charge on any atom is -0.310 e. The normalized spacial score (nSPS) is 29.9. The third kappa shape index (κ3) is 2.95. The number of rotatable bonds is 4. The first-order valence-corrected chi connectivity index (χ1v) is 8.14. The Morgan fingerprint density at radius 2 is 2.11 bits per heavy atom. The predicted molar refractivity (Wildman–Crippen MR) is 78.3 cm³/mol. The molecule has 2 unspecified atom stereocenters. The van der Waals surface area contributed by atoms with Crippen LogP contribution in [0.15, 0.2) is 17.5 Å². The van der Waals surface area contributed by atoms with Crippen molar-refractivity contribution in [3.8, 4) is 0 Å². The molecule has 2 heterocycles. The van der Waals surface area contributed by atoms with Crippen molar-refractivity contribution in [2.75, 3.05) is 13.1 Å². The number of hydrogen-bond acceptors (Lipinski definition) is 3. The Labute approximate surface area is 114 Å². The number of hydrogen-bond donors (Lipinski definition) is 1. The molecule has 0 spiro atoms. The second kappa shape index (κ2) is 5.32. The predicted octanol–water partition coefficient (Wildman–Crippen LogP) is 3.07. The Hall–Kier alpha value is -0.380. The maximum Gasteiger partial charge on any atom is 0.0204 e. The zero-order valence-electron chi connectivity index (χ0n) is 11.4. The van der Waals surface area contributed by atoms with Crippen LogP contribution in [-0.4, -0.2) is 36.1 Å². The van der Waals surface area contributed by atoms with Crippen molar-refractivity contribution in [3.05, 3.63) is 22.4 Å². The van der Waals surface area contributed by atoms with Crippen LogP contribution in [0.4, 0.5) is 0 Å². The molecule has 18 heavy (non-hydrogen) atoms. The van der Waals surface area contributed by atoms with Crippen molar-refractivity contribution in [3.63, 3.8) is 0 Å². The maximum atomic E-state index is 3.83. The molecule has 100 valence electrons. The molecule has 0 radical (unpaired) electrons. The highest BCUT2D eigenvalue weighted by Gasteiger charge is 2.33. The highest BCUT2D eigenvalue weighted by atomic mass is 32.1. The van der Waals surface area contributed by atoms with Gasteiger partial charge in [0.25, 0.3) is 0 Å². The van der Waals surface area contributed by atoms with Crippen LogP contribution in [-0.2, 0) is 0 Å². The summed E-state index contributed by atoms with van der Waals surface area (Å²) in [6, 6.07) is 6.69. The molecule has 0 aromatic carbocycles. The quantitative estimate of drug-likeness (QED) is 0.899. The Kier molecular flexibility index (Phi) is 3.73. The van der Waals surface area contributed by atoms with Crippen LogP contribution in [0, 0.1) is 0 Å².